The standard InChI is InChI=1S/C27H24FN5O3/c1-35-22-7-4-5-18(13-22)17-36-26-23(25(34)30-15-21-6-2-3-11-29-21)16-31-27(32-26)33-12-10-19-14-20(28)8-9-24(19)33/h2-9,11,13-14,16H,10,12,15,17H2,1H3,(H,30,34). The first-order chi connectivity index (χ1) is 17.6. The van der Waals surface area contributed by atoms with E-state index in [1.165, 1.54) is 18.3 Å². The molecule has 9 heteroatoms. The molecule has 8 nitrogen and oxygen atoms in total. The van der Waals surface area contributed by atoms with Crippen molar-refractivity contribution in [3.8, 4) is 11.6 Å². The van der Waals surface area contributed by atoms with Gasteiger partial charge in [-0.2, -0.15) is 4.98 Å². The quantitative estimate of drug-likeness (QED) is 0.400. The number of nitrogens with zero attached hydrogens (tertiary/aromatic N) is 4. The molecule has 1 amide bonds. The number of pyridine rings is 1. The van der Waals surface area contributed by atoms with Crippen molar-refractivity contribution in [1.29, 1.82) is 0 Å². The summed E-state index contributed by atoms with van der Waals surface area (Å²) in [5.74, 6) is 0.573. The van der Waals surface area contributed by atoms with Crippen LogP contribution in [0.15, 0.2) is 73.1 Å². The third-order valence-electron chi connectivity index (χ3n) is 5.83. The van der Waals surface area contributed by atoms with Crippen molar-refractivity contribution in [3.63, 3.8) is 0 Å². The number of rotatable bonds is 8. The van der Waals surface area contributed by atoms with E-state index < -0.39 is 0 Å². The average Bonchev–Trinajstić information content (AvgIpc) is 3.34. The fourth-order valence-electron chi connectivity index (χ4n) is 4.01. The van der Waals surface area contributed by atoms with Crippen LogP contribution < -0.4 is 19.7 Å². The highest BCUT2D eigenvalue weighted by molar-refractivity contribution is 5.96. The molecule has 182 valence electrons. The number of anilines is 2. The second kappa shape index (κ2) is 10.4. The molecule has 36 heavy (non-hydrogen) atoms. The monoisotopic (exact) mass is 485 g/mol. The Bertz CT molecular complexity index is 1380. The number of carbonyl (C=O) groups excluding carboxylic acids is 1. The van der Waals surface area contributed by atoms with Gasteiger partial charge >= 0.3 is 0 Å². The van der Waals surface area contributed by atoms with Gasteiger partial charge in [0.25, 0.3) is 5.91 Å². The van der Waals surface area contributed by atoms with Crippen molar-refractivity contribution < 1.29 is 18.7 Å². The predicted molar refractivity (Wildman–Crippen MR) is 132 cm³/mol. The van der Waals surface area contributed by atoms with Crippen molar-refractivity contribution in [2.75, 3.05) is 18.6 Å². The molecule has 2 aromatic carbocycles. The molecule has 2 aromatic heterocycles. The molecular weight excluding hydrogens is 461 g/mol. The first-order valence-electron chi connectivity index (χ1n) is 11.5. The van der Waals surface area contributed by atoms with Gasteiger partial charge in [0, 0.05) is 24.6 Å². The Labute approximate surface area is 207 Å². The van der Waals surface area contributed by atoms with Crippen LogP contribution in [0.5, 0.6) is 11.6 Å². The molecule has 1 aliphatic rings. The van der Waals surface area contributed by atoms with E-state index >= 15 is 0 Å². The summed E-state index contributed by atoms with van der Waals surface area (Å²) in [4.78, 5) is 28.2. The minimum Gasteiger partial charge on any atom is -0.497 e. The Balaban J connectivity index is 1.42. The Morgan fingerprint density at radius 1 is 1.11 bits per heavy atom. The van der Waals surface area contributed by atoms with E-state index in [0.29, 0.717) is 24.7 Å². The van der Waals surface area contributed by atoms with Crippen molar-refractivity contribution in [2.24, 2.45) is 0 Å². The summed E-state index contributed by atoms with van der Waals surface area (Å²) in [5.41, 5.74) is 3.51. The van der Waals surface area contributed by atoms with Gasteiger partial charge in [-0.25, -0.2) is 9.37 Å². The van der Waals surface area contributed by atoms with E-state index in [-0.39, 0.29) is 36.3 Å². The maximum Gasteiger partial charge on any atom is 0.258 e. The number of hydrogen-bond acceptors (Lipinski definition) is 7. The summed E-state index contributed by atoms with van der Waals surface area (Å²) in [5, 5.41) is 2.85. The van der Waals surface area contributed by atoms with Gasteiger partial charge < -0.3 is 19.7 Å². The zero-order valence-corrected chi connectivity index (χ0v) is 19.6. The molecular formula is C27H24FN5O3. The van der Waals surface area contributed by atoms with Crippen LogP contribution in [0.2, 0.25) is 0 Å². The lowest BCUT2D eigenvalue weighted by atomic mass is 10.2. The molecule has 0 atom stereocenters. The molecule has 0 spiro atoms. The minimum atomic E-state index is -0.378. The number of halogens is 1. The van der Waals surface area contributed by atoms with Gasteiger partial charge in [-0.1, -0.05) is 18.2 Å². The molecule has 1 N–H and O–H groups in total. The van der Waals surface area contributed by atoms with Crippen LogP contribution in [0, 0.1) is 5.82 Å². The van der Waals surface area contributed by atoms with E-state index in [2.05, 4.69) is 20.3 Å². The maximum absolute atomic E-state index is 13.7. The summed E-state index contributed by atoms with van der Waals surface area (Å²) >= 11 is 0. The second-order valence-electron chi connectivity index (χ2n) is 8.21. The second-order valence-corrected chi connectivity index (χ2v) is 8.21. The highest BCUT2D eigenvalue weighted by atomic mass is 19.1. The van der Waals surface area contributed by atoms with Gasteiger partial charge in [-0.15, -0.1) is 0 Å². The van der Waals surface area contributed by atoms with Gasteiger partial charge in [0.15, 0.2) is 0 Å². The van der Waals surface area contributed by atoms with Crippen LogP contribution in [-0.4, -0.2) is 34.5 Å². The van der Waals surface area contributed by atoms with Crippen LogP contribution >= 0.6 is 0 Å². The zero-order chi connectivity index (χ0) is 24.9. The van der Waals surface area contributed by atoms with Crippen LogP contribution in [0.25, 0.3) is 0 Å². The molecule has 3 heterocycles. The molecule has 0 radical (unpaired) electrons. The molecule has 0 saturated carbocycles. The number of aromatic nitrogens is 3. The molecule has 0 unspecified atom stereocenters. The fourth-order valence-corrected chi connectivity index (χ4v) is 4.01. The summed E-state index contributed by atoms with van der Waals surface area (Å²) in [7, 11) is 1.60. The number of methoxy groups -OCH3 is 1. The van der Waals surface area contributed by atoms with Gasteiger partial charge in [0.05, 0.1) is 19.3 Å². The van der Waals surface area contributed by atoms with E-state index in [9.17, 15) is 9.18 Å². The fraction of sp³-hybridized carbons (Fsp3) is 0.185. The van der Waals surface area contributed by atoms with Crippen molar-refractivity contribution >= 4 is 17.5 Å². The summed E-state index contributed by atoms with van der Waals surface area (Å²) in [6, 6.07) is 17.6. The van der Waals surface area contributed by atoms with E-state index in [1.807, 2.05) is 47.4 Å². The average molecular weight is 486 g/mol. The molecule has 0 aliphatic carbocycles. The number of amides is 1. The van der Waals surface area contributed by atoms with E-state index in [0.717, 1.165) is 22.5 Å². The highest BCUT2D eigenvalue weighted by Gasteiger charge is 2.25. The maximum atomic E-state index is 13.7. The summed E-state index contributed by atoms with van der Waals surface area (Å²) < 4.78 is 25.0. The number of benzene rings is 2. The van der Waals surface area contributed by atoms with Gasteiger partial charge in [0.1, 0.15) is 23.7 Å². The summed E-state index contributed by atoms with van der Waals surface area (Å²) in [6.45, 7) is 1.02. The third-order valence-corrected chi connectivity index (χ3v) is 5.83. The lowest BCUT2D eigenvalue weighted by Gasteiger charge is -2.19. The van der Waals surface area contributed by atoms with Crippen LogP contribution in [0.4, 0.5) is 16.0 Å². The lowest BCUT2D eigenvalue weighted by molar-refractivity contribution is 0.0944. The Morgan fingerprint density at radius 2 is 2.03 bits per heavy atom. The van der Waals surface area contributed by atoms with E-state index in [1.54, 1.807) is 19.4 Å². The van der Waals surface area contributed by atoms with Crippen molar-refractivity contribution in [2.45, 2.75) is 19.6 Å². The largest absolute Gasteiger partial charge is 0.497 e. The molecule has 0 saturated heterocycles. The molecule has 5 rings (SSSR count). The molecule has 1 aliphatic heterocycles. The third kappa shape index (κ3) is 5.10. The number of fused-ring (bicyclic) bond motifs is 1. The van der Waals surface area contributed by atoms with Crippen molar-refractivity contribution in [1.82, 2.24) is 20.3 Å². The minimum absolute atomic E-state index is 0.150. The van der Waals surface area contributed by atoms with Crippen LogP contribution in [0.3, 0.4) is 0 Å². The van der Waals surface area contributed by atoms with Gasteiger partial charge in [0.2, 0.25) is 11.8 Å². The highest BCUT2D eigenvalue weighted by Crippen LogP contribution is 2.34. The molecule has 0 bridgehead atoms. The first kappa shape index (κ1) is 23.2. The van der Waals surface area contributed by atoms with Crippen molar-refractivity contribution in [3.05, 3.63) is 101 Å². The number of carbonyl (C=O) groups is 1. The first-order valence-corrected chi connectivity index (χ1v) is 11.5. The normalized spacial score (nSPS) is 12.2. The van der Waals surface area contributed by atoms with Gasteiger partial charge in [-0.05, 0) is 60.0 Å². The van der Waals surface area contributed by atoms with Gasteiger partial charge in [-0.3, -0.25) is 9.78 Å². The predicted octanol–water partition coefficient (Wildman–Crippen LogP) is 4.22. The molecule has 4 aromatic rings. The number of ether oxygens (including phenoxy) is 2. The van der Waals surface area contributed by atoms with Crippen LogP contribution in [0.1, 0.15) is 27.2 Å². The Morgan fingerprint density at radius 3 is 2.86 bits per heavy atom. The number of nitrogens with one attached hydrogen (secondary N) is 1. The smallest absolute Gasteiger partial charge is 0.258 e. The Hall–Kier alpha value is -4.53. The lowest BCUT2D eigenvalue weighted by Crippen LogP contribution is -2.25. The summed E-state index contributed by atoms with van der Waals surface area (Å²) in [6.07, 6.45) is 3.79. The molecule has 0 fully saturated rings. The number of hydrogen-bond donors (Lipinski definition) is 1. The SMILES string of the molecule is COc1cccc(COc2nc(N3CCc4cc(F)ccc43)ncc2C(=O)NCc2ccccn2)c1. The van der Waals surface area contributed by atoms with E-state index in [4.69, 9.17) is 9.47 Å². The topological polar surface area (TPSA) is 89.5 Å². The Kier molecular flexibility index (Phi) is 6.70. The van der Waals surface area contributed by atoms with Crippen LogP contribution in [-0.2, 0) is 19.6 Å². The zero-order valence-electron chi connectivity index (χ0n) is 19.6.